The van der Waals surface area contributed by atoms with E-state index >= 15 is 0 Å². The Kier molecular flexibility index (Phi) is 5.28. The van der Waals surface area contributed by atoms with E-state index in [1.807, 2.05) is 6.07 Å². The summed E-state index contributed by atoms with van der Waals surface area (Å²) in [6, 6.07) is 3.52. The quantitative estimate of drug-likeness (QED) is 0.703. The molecule has 1 aromatic rings. The van der Waals surface area contributed by atoms with Gasteiger partial charge in [0.05, 0.1) is 0 Å². The minimum absolute atomic E-state index is 0.159. The van der Waals surface area contributed by atoms with Crippen molar-refractivity contribution in [2.24, 2.45) is 0 Å². The molecule has 16 heavy (non-hydrogen) atoms. The van der Waals surface area contributed by atoms with Crippen LogP contribution in [0.2, 0.25) is 0 Å². The molecule has 0 radical (unpaired) electrons. The van der Waals surface area contributed by atoms with E-state index in [9.17, 15) is 4.79 Å². The lowest BCUT2D eigenvalue weighted by atomic mass is 10.3. The smallest absolute Gasteiger partial charge is 0.269 e. The lowest BCUT2D eigenvalue weighted by molar-refractivity contribution is 0.0943. The zero-order valence-electron chi connectivity index (χ0n) is 9.62. The summed E-state index contributed by atoms with van der Waals surface area (Å²) in [6.07, 6.45) is 2.41. The first-order chi connectivity index (χ1) is 7.77. The molecular weight excluding hydrogens is 206 g/mol. The highest BCUT2D eigenvalue weighted by Gasteiger charge is 2.06. The van der Waals surface area contributed by atoms with E-state index in [4.69, 9.17) is 4.74 Å². The third-order valence-electron chi connectivity index (χ3n) is 2.09. The number of carbonyl (C=O) groups excluding carboxylic acids is 1. The summed E-state index contributed by atoms with van der Waals surface area (Å²) < 4.78 is 4.89. The maximum atomic E-state index is 11.6. The van der Waals surface area contributed by atoms with Gasteiger partial charge in [0.1, 0.15) is 5.69 Å². The van der Waals surface area contributed by atoms with Crippen LogP contribution in [0.5, 0.6) is 0 Å². The minimum atomic E-state index is -0.159. The molecule has 0 aliphatic heterocycles. The number of hydrogen-bond donors (Lipinski definition) is 2. The van der Waals surface area contributed by atoms with Gasteiger partial charge in [0.2, 0.25) is 0 Å². The van der Waals surface area contributed by atoms with E-state index < -0.39 is 0 Å². The Labute approximate surface area is 95.2 Å². The van der Waals surface area contributed by atoms with Crippen LogP contribution in [0, 0.1) is 0 Å². The molecule has 0 aromatic carbocycles. The SMILES string of the molecule is CNc1ccnc(C(=O)NCCCOC)c1. The Balaban J connectivity index is 2.46. The largest absolute Gasteiger partial charge is 0.388 e. The first-order valence-corrected chi connectivity index (χ1v) is 5.19. The molecule has 1 aromatic heterocycles. The van der Waals surface area contributed by atoms with E-state index in [0.29, 0.717) is 18.8 Å². The van der Waals surface area contributed by atoms with Crippen molar-refractivity contribution in [1.29, 1.82) is 0 Å². The number of ether oxygens (including phenoxy) is 1. The Morgan fingerprint density at radius 3 is 3.06 bits per heavy atom. The number of methoxy groups -OCH3 is 1. The number of carbonyl (C=O) groups is 1. The highest BCUT2D eigenvalue weighted by atomic mass is 16.5. The molecule has 0 saturated carbocycles. The summed E-state index contributed by atoms with van der Waals surface area (Å²) in [5, 5.41) is 5.73. The molecule has 1 rings (SSSR count). The number of amides is 1. The Hall–Kier alpha value is -1.62. The van der Waals surface area contributed by atoms with Gasteiger partial charge in [-0.05, 0) is 18.6 Å². The first-order valence-electron chi connectivity index (χ1n) is 5.19. The fraction of sp³-hybridized carbons (Fsp3) is 0.455. The monoisotopic (exact) mass is 223 g/mol. The van der Waals surface area contributed by atoms with E-state index in [1.165, 1.54) is 0 Å². The predicted octanol–water partition coefficient (Wildman–Crippen LogP) is 0.890. The van der Waals surface area contributed by atoms with E-state index in [2.05, 4.69) is 15.6 Å². The van der Waals surface area contributed by atoms with Crippen LogP contribution in [0.25, 0.3) is 0 Å². The van der Waals surface area contributed by atoms with Gasteiger partial charge in [0.25, 0.3) is 5.91 Å². The molecule has 0 bridgehead atoms. The lowest BCUT2D eigenvalue weighted by Crippen LogP contribution is -2.26. The molecule has 0 unspecified atom stereocenters. The summed E-state index contributed by atoms with van der Waals surface area (Å²) >= 11 is 0. The molecule has 5 heteroatoms. The van der Waals surface area contributed by atoms with Crippen molar-refractivity contribution in [2.45, 2.75) is 6.42 Å². The van der Waals surface area contributed by atoms with Crippen molar-refractivity contribution in [3.63, 3.8) is 0 Å². The van der Waals surface area contributed by atoms with Crippen LogP contribution < -0.4 is 10.6 Å². The van der Waals surface area contributed by atoms with Gasteiger partial charge >= 0.3 is 0 Å². The summed E-state index contributed by atoms with van der Waals surface area (Å²) in [7, 11) is 3.44. The van der Waals surface area contributed by atoms with Crippen molar-refractivity contribution in [2.75, 3.05) is 32.6 Å². The molecule has 5 nitrogen and oxygen atoms in total. The molecule has 0 saturated heterocycles. The standard InChI is InChI=1S/C11H17N3O2/c1-12-9-4-6-13-10(8-9)11(15)14-5-3-7-16-2/h4,6,8H,3,5,7H2,1-2H3,(H,12,13)(H,14,15). The highest BCUT2D eigenvalue weighted by molar-refractivity contribution is 5.93. The third-order valence-corrected chi connectivity index (χ3v) is 2.09. The molecule has 1 heterocycles. The Bertz CT molecular complexity index is 342. The zero-order valence-corrected chi connectivity index (χ0v) is 9.62. The molecule has 1 amide bonds. The molecule has 0 fully saturated rings. The van der Waals surface area contributed by atoms with Gasteiger partial charge in [-0.15, -0.1) is 0 Å². The van der Waals surface area contributed by atoms with Gasteiger partial charge < -0.3 is 15.4 Å². The van der Waals surface area contributed by atoms with Gasteiger partial charge in [-0.25, -0.2) is 0 Å². The van der Waals surface area contributed by atoms with Crippen molar-refractivity contribution >= 4 is 11.6 Å². The van der Waals surface area contributed by atoms with Crippen LogP contribution in [-0.4, -0.2) is 38.2 Å². The molecule has 88 valence electrons. The predicted molar refractivity (Wildman–Crippen MR) is 62.6 cm³/mol. The molecule has 0 aliphatic rings. The van der Waals surface area contributed by atoms with Gasteiger partial charge in [0.15, 0.2) is 0 Å². The molecule has 2 N–H and O–H groups in total. The van der Waals surface area contributed by atoms with Gasteiger partial charge in [-0.2, -0.15) is 0 Å². The van der Waals surface area contributed by atoms with Crippen molar-refractivity contribution < 1.29 is 9.53 Å². The second-order valence-electron chi connectivity index (χ2n) is 3.28. The van der Waals surface area contributed by atoms with E-state index in [-0.39, 0.29) is 5.91 Å². The van der Waals surface area contributed by atoms with E-state index in [0.717, 1.165) is 12.1 Å². The van der Waals surface area contributed by atoms with Gasteiger partial charge in [-0.3, -0.25) is 9.78 Å². The molecule has 0 aliphatic carbocycles. The molecule has 0 spiro atoms. The maximum absolute atomic E-state index is 11.6. The number of nitrogens with one attached hydrogen (secondary N) is 2. The summed E-state index contributed by atoms with van der Waals surface area (Å²) in [6.45, 7) is 1.24. The average molecular weight is 223 g/mol. The Morgan fingerprint density at radius 1 is 1.56 bits per heavy atom. The van der Waals surface area contributed by atoms with Crippen LogP contribution in [0.3, 0.4) is 0 Å². The number of nitrogens with zero attached hydrogens (tertiary/aromatic N) is 1. The highest BCUT2D eigenvalue weighted by Crippen LogP contribution is 2.06. The van der Waals surface area contributed by atoms with Crippen LogP contribution in [0.1, 0.15) is 16.9 Å². The normalized spacial score (nSPS) is 9.88. The number of anilines is 1. The third kappa shape index (κ3) is 3.86. The van der Waals surface area contributed by atoms with Crippen LogP contribution in [0.15, 0.2) is 18.3 Å². The van der Waals surface area contributed by atoms with Crippen molar-refractivity contribution in [3.8, 4) is 0 Å². The fourth-order valence-electron chi connectivity index (χ4n) is 1.22. The van der Waals surface area contributed by atoms with E-state index in [1.54, 1.807) is 26.4 Å². The van der Waals surface area contributed by atoms with Crippen LogP contribution in [0.4, 0.5) is 5.69 Å². The number of aromatic nitrogens is 1. The number of rotatable bonds is 6. The number of hydrogen-bond acceptors (Lipinski definition) is 4. The van der Waals surface area contributed by atoms with Crippen molar-refractivity contribution in [1.82, 2.24) is 10.3 Å². The van der Waals surface area contributed by atoms with Crippen molar-refractivity contribution in [3.05, 3.63) is 24.0 Å². The average Bonchev–Trinajstić information content (AvgIpc) is 2.34. The zero-order chi connectivity index (χ0) is 11.8. The summed E-state index contributed by atoms with van der Waals surface area (Å²) in [4.78, 5) is 15.6. The minimum Gasteiger partial charge on any atom is -0.388 e. The second kappa shape index (κ2) is 6.79. The Morgan fingerprint density at radius 2 is 2.38 bits per heavy atom. The van der Waals surface area contributed by atoms with Crippen LogP contribution in [-0.2, 0) is 4.74 Å². The first kappa shape index (κ1) is 12.4. The maximum Gasteiger partial charge on any atom is 0.269 e. The fourth-order valence-corrected chi connectivity index (χ4v) is 1.22. The van der Waals surface area contributed by atoms with Crippen LogP contribution >= 0.6 is 0 Å². The molecule has 0 atom stereocenters. The lowest BCUT2D eigenvalue weighted by Gasteiger charge is -2.05. The second-order valence-corrected chi connectivity index (χ2v) is 3.28. The van der Waals surface area contributed by atoms with Gasteiger partial charge in [0, 0.05) is 39.2 Å². The summed E-state index contributed by atoms with van der Waals surface area (Å²) in [5.74, 6) is -0.159. The van der Waals surface area contributed by atoms with Gasteiger partial charge in [-0.1, -0.05) is 0 Å². The summed E-state index contributed by atoms with van der Waals surface area (Å²) in [5.41, 5.74) is 1.29. The number of pyridine rings is 1. The molecular formula is C11H17N3O2. The topological polar surface area (TPSA) is 63.2 Å².